The van der Waals surface area contributed by atoms with Gasteiger partial charge in [-0.05, 0) is 77.6 Å². The van der Waals surface area contributed by atoms with Crippen LogP contribution in [0.3, 0.4) is 0 Å². The van der Waals surface area contributed by atoms with E-state index in [2.05, 4.69) is 15.4 Å². The minimum absolute atomic E-state index is 0.0165. The average Bonchev–Trinajstić information content (AvgIpc) is 2.81. The quantitative estimate of drug-likeness (QED) is 0.219. The number of hydrogen-bond donors (Lipinski definition) is 4. The van der Waals surface area contributed by atoms with Crippen LogP contribution in [-0.2, 0) is 10.0 Å². The van der Waals surface area contributed by atoms with Crippen molar-refractivity contribution in [2.45, 2.75) is 4.90 Å². The summed E-state index contributed by atoms with van der Waals surface area (Å²) in [5.41, 5.74) is 0.739. The first-order valence-corrected chi connectivity index (χ1v) is 12.2. The van der Waals surface area contributed by atoms with Crippen molar-refractivity contribution in [1.82, 2.24) is 5.32 Å². The van der Waals surface area contributed by atoms with Gasteiger partial charge in [0.1, 0.15) is 5.75 Å². The number of thiocarbonyl (C=S) groups is 1. The number of nitrogens with one attached hydrogen (secondary N) is 3. The summed E-state index contributed by atoms with van der Waals surface area (Å²) < 4.78 is 27.9. The molecule has 0 bridgehead atoms. The van der Waals surface area contributed by atoms with Crippen molar-refractivity contribution >= 4 is 67.0 Å². The van der Waals surface area contributed by atoms with Gasteiger partial charge in [-0.3, -0.25) is 14.8 Å². The molecule has 4 aromatic carbocycles. The van der Waals surface area contributed by atoms with Gasteiger partial charge in [0.25, 0.3) is 15.9 Å². The molecule has 0 aliphatic carbocycles. The molecule has 0 saturated heterocycles. The van der Waals surface area contributed by atoms with Gasteiger partial charge in [-0.1, -0.05) is 41.9 Å². The van der Waals surface area contributed by atoms with E-state index in [-0.39, 0.29) is 21.4 Å². The molecule has 34 heavy (non-hydrogen) atoms. The number of carbonyl (C=O) groups excluding carboxylic acids is 1. The lowest BCUT2D eigenvalue weighted by atomic mass is 10.1. The first kappa shape index (κ1) is 23.5. The number of hydrogen-bond acceptors (Lipinski definition) is 5. The van der Waals surface area contributed by atoms with E-state index in [0.29, 0.717) is 16.3 Å². The molecule has 0 aromatic heterocycles. The number of anilines is 2. The molecule has 0 saturated carbocycles. The molecule has 10 heteroatoms. The zero-order chi connectivity index (χ0) is 24.3. The molecule has 4 aromatic rings. The highest BCUT2D eigenvalue weighted by molar-refractivity contribution is 7.92. The fourth-order valence-corrected chi connectivity index (χ4v) is 4.59. The summed E-state index contributed by atoms with van der Waals surface area (Å²) in [6, 6.07) is 22.7. The molecule has 4 rings (SSSR count). The Labute approximate surface area is 206 Å². The van der Waals surface area contributed by atoms with Crippen LogP contribution in [0.5, 0.6) is 5.75 Å². The van der Waals surface area contributed by atoms with Crippen LogP contribution in [0.2, 0.25) is 5.02 Å². The summed E-state index contributed by atoms with van der Waals surface area (Å²) in [5, 5.41) is 17.6. The summed E-state index contributed by atoms with van der Waals surface area (Å²) >= 11 is 11.0. The van der Waals surface area contributed by atoms with Gasteiger partial charge in [0, 0.05) is 16.3 Å². The highest BCUT2D eigenvalue weighted by Gasteiger charge is 2.17. The summed E-state index contributed by atoms with van der Waals surface area (Å²) in [7, 11) is -3.96. The van der Waals surface area contributed by atoms with Crippen molar-refractivity contribution in [3.63, 3.8) is 0 Å². The minimum Gasteiger partial charge on any atom is -0.506 e. The number of benzene rings is 4. The number of amides is 1. The smallest absolute Gasteiger partial charge is 0.261 e. The minimum atomic E-state index is -3.96. The maximum atomic E-state index is 12.7. The molecule has 0 unspecified atom stereocenters. The Balaban J connectivity index is 1.48. The topological polar surface area (TPSA) is 108 Å². The van der Waals surface area contributed by atoms with Gasteiger partial charge in [0.15, 0.2) is 5.11 Å². The van der Waals surface area contributed by atoms with Gasteiger partial charge in [0.2, 0.25) is 0 Å². The summed E-state index contributed by atoms with van der Waals surface area (Å²) in [6.07, 6.45) is 0. The summed E-state index contributed by atoms with van der Waals surface area (Å²) in [4.78, 5) is 12.5. The predicted molar refractivity (Wildman–Crippen MR) is 138 cm³/mol. The van der Waals surface area contributed by atoms with Gasteiger partial charge in [-0.25, -0.2) is 8.42 Å². The van der Waals surface area contributed by atoms with Crippen LogP contribution in [0.25, 0.3) is 10.8 Å². The van der Waals surface area contributed by atoms with Gasteiger partial charge in [-0.15, -0.1) is 0 Å². The third kappa shape index (κ3) is 5.45. The normalized spacial score (nSPS) is 11.1. The maximum Gasteiger partial charge on any atom is 0.261 e. The van der Waals surface area contributed by atoms with Gasteiger partial charge >= 0.3 is 0 Å². The number of carbonyl (C=O) groups is 1. The van der Waals surface area contributed by atoms with Crippen molar-refractivity contribution in [3.05, 3.63) is 95.5 Å². The molecule has 0 aliphatic rings. The second kappa shape index (κ2) is 9.68. The van der Waals surface area contributed by atoms with E-state index < -0.39 is 15.9 Å². The van der Waals surface area contributed by atoms with Crippen molar-refractivity contribution in [1.29, 1.82) is 0 Å². The third-order valence-electron chi connectivity index (χ3n) is 4.86. The van der Waals surface area contributed by atoms with E-state index in [1.165, 1.54) is 30.3 Å². The first-order valence-electron chi connectivity index (χ1n) is 9.94. The highest BCUT2D eigenvalue weighted by atomic mass is 35.5. The predicted octanol–water partition coefficient (Wildman–Crippen LogP) is 5.13. The van der Waals surface area contributed by atoms with E-state index in [1.807, 2.05) is 30.3 Å². The molecule has 1 amide bonds. The number of aromatic hydroxyl groups is 1. The molecule has 172 valence electrons. The van der Waals surface area contributed by atoms with E-state index in [9.17, 15) is 18.3 Å². The molecular weight excluding hydrogens is 494 g/mol. The first-order chi connectivity index (χ1) is 16.2. The highest BCUT2D eigenvalue weighted by Crippen LogP contribution is 2.28. The average molecular weight is 512 g/mol. The summed E-state index contributed by atoms with van der Waals surface area (Å²) in [6.45, 7) is 0. The van der Waals surface area contributed by atoms with Crippen LogP contribution < -0.4 is 15.4 Å². The van der Waals surface area contributed by atoms with Gasteiger partial charge < -0.3 is 10.4 Å². The fraction of sp³-hybridized carbons (Fsp3) is 0. The standard InChI is InChI=1S/C24H18ClN3O4S2/c25-18-7-9-19(10-8-18)28-34(31,32)20-11-12-22(29)21(14-20)26-24(33)27-23(30)17-6-5-15-3-1-2-4-16(15)13-17/h1-14,28-29H,(H2,26,27,30,33). The second-order valence-electron chi connectivity index (χ2n) is 7.26. The Morgan fingerprint density at radius 2 is 1.59 bits per heavy atom. The molecule has 0 atom stereocenters. The lowest BCUT2D eigenvalue weighted by Crippen LogP contribution is -2.34. The van der Waals surface area contributed by atoms with Crippen LogP contribution in [0, 0.1) is 0 Å². The Bertz CT molecular complexity index is 1510. The molecule has 0 radical (unpaired) electrons. The molecule has 0 fully saturated rings. The molecule has 7 nitrogen and oxygen atoms in total. The number of phenolic OH excluding ortho intramolecular Hbond substituents is 1. The van der Waals surface area contributed by atoms with Crippen LogP contribution >= 0.6 is 23.8 Å². The van der Waals surface area contributed by atoms with E-state index in [4.69, 9.17) is 23.8 Å². The lowest BCUT2D eigenvalue weighted by molar-refractivity contribution is 0.0978. The maximum absolute atomic E-state index is 12.7. The summed E-state index contributed by atoms with van der Waals surface area (Å²) in [5.74, 6) is -0.691. The number of fused-ring (bicyclic) bond motifs is 1. The third-order valence-corrected chi connectivity index (χ3v) is 6.70. The largest absolute Gasteiger partial charge is 0.506 e. The molecule has 0 spiro atoms. The van der Waals surface area contributed by atoms with Crippen LogP contribution in [0.1, 0.15) is 10.4 Å². The van der Waals surface area contributed by atoms with Crippen LogP contribution in [0.15, 0.2) is 89.8 Å². The number of halogens is 1. The Morgan fingerprint density at radius 1 is 0.882 bits per heavy atom. The Morgan fingerprint density at radius 3 is 2.32 bits per heavy atom. The zero-order valence-corrected chi connectivity index (χ0v) is 19.8. The van der Waals surface area contributed by atoms with Crippen molar-refractivity contribution in [3.8, 4) is 5.75 Å². The van der Waals surface area contributed by atoms with Crippen molar-refractivity contribution in [2.75, 3.05) is 10.0 Å². The molecular formula is C24H18ClN3O4S2. The van der Waals surface area contributed by atoms with E-state index in [0.717, 1.165) is 10.8 Å². The molecule has 0 aliphatic heterocycles. The number of phenols is 1. The molecule has 0 heterocycles. The Kier molecular flexibility index (Phi) is 6.69. The van der Waals surface area contributed by atoms with Crippen molar-refractivity contribution < 1.29 is 18.3 Å². The van der Waals surface area contributed by atoms with Crippen LogP contribution in [-0.4, -0.2) is 24.5 Å². The zero-order valence-electron chi connectivity index (χ0n) is 17.4. The molecule has 4 N–H and O–H groups in total. The van der Waals surface area contributed by atoms with Gasteiger partial charge in [-0.2, -0.15) is 0 Å². The van der Waals surface area contributed by atoms with E-state index in [1.54, 1.807) is 24.3 Å². The van der Waals surface area contributed by atoms with Gasteiger partial charge in [0.05, 0.1) is 10.6 Å². The second-order valence-corrected chi connectivity index (χ2v) is 9.79. The lowest BCUT2D eigenvalue weighted by Gasteiger charge is -2.13. The van der Waals surface area contributed by atoms with E-state index >= 15 is 0 Å². The van der Waals surface area contributed by atoms with Crippen molar-refractivity contribution in [2.24, 2.45) is 0 Å². The Hall–Kier alpha value is -3.66. The monoisotopic (exact) mass is 511 g/mol. The van der Waals surface area contributed by atoms with Crippen LogP contribution in [0.4, 0.5) is 11.4 Å². The fourth-order valence-electron chi connectivity index (χ4n) is 3.17. The number of sulfonamides is 1. The SMILES string of the molecule is O=C(NC(=S)Nc1cc(S(=O)(=O)Nc2ccc(Cl)cc2)ccc1O)c1ccc2ccccc2c1. The number of rotatable bonds is 5.